The summed E-state index contributed by atoms with van der Waals surface area (Å²) < 4.78 is 4.26. The molecular weight excluding hydrogens is 244 g/mol. The molecule has 0 aromatic carbocycles. The zero-order chi connectivity index (χ0) is 12.5. The molecule has 0 spiro atoms. The standard InChI is InChI=1S/C13H16N4S/c1-8-6-10(7-8)16-13-11(12(14)17-18-13)9-2-4-15-5-3-9/h2-5,8,10,16H,6-7H2,1H3,(H2,14,17). The van der Waals surface area contributed by atoms with Crippen LogP contribution in [0.25, 0.3) is 11.1 Å². The first kappa shape index (κ1) is 11.5. The molecule has 1 aliphatic rings. The minimum atomic E-state index is 0.570. The lowest BCUT2D eigenvalue weighted by molar-refractivity contribution is 0.309. The monoisotopic (exact) mass is 260 g/mol. The first-order chi connectivity index (χ1) is 8.74. The molecule has 94 valence electrons. The summed E-state index contributed by atoms with van der Waals surface area (Å²) in [6, 6.07) is 4.50. The molecule has 3 rings (SSSR count). The average molecular weight is 260 g/mol. The molecule has 5 heteroatoms. The molecule has 0 bridgehead atoms. The summed E-state index contributed by atoms with van der Waals surface area (Å²) in [7, 11) is 0. The molecular formula is C13H16N4S. The van der Waals surface area contributed by atoms with E-state index in [1.165, 1.54) is 24.4 Å². The van der Waals surface area contributed by atoms with Gasteiger partial charge in [0.25, 0.3) is 0 Å². The maximum atomic E-state index is 5.97. The van der Waals surface area contributed by atoms with Crippen LogP contribution in [0, 0.1) is 5.92 Å². The number of nitrogen functional groups attached to an aromatic ring is 1. The topological polar surface area (TPSA) is 63.8 Å². The largest absolute Gasteiger partial charge is 0.382 e. The highest BCUT2D eigenvalue weighted by Crippen LogP contribution is 2.39. The van der Waals surface area contributed by atoms with Gasteiger partial charge in [-0.25, -0.2) is 0 Å². The molecule has 0 unspecified atom stereocenters. The average Bonchev–Trinajstić information content (AvgIpc) is 2.70. The lowest BCUT2D eigenvalue weighted by Gasteiger charge is -2.33. The van der Waals surface area contributed by atoms with E-state index in [1.807, 2.05) is 12.1 Å². The second kappa shape index (κ2) is 4.57. The van der Waals surface area contributed by atoms with Crippen LogP contribution in [0.1, 0.15) is 19.8 Å². The maximum absolute atomic E-state index is 5.97. The highest BCUT2D eigenvalue weighted by Gasteiger charge is 2.27. The third-order valence-corrected chi connectivity index (χ3v) is 4.19. The maximum Gasteiger partial charge on any atom is 0.147 e. The number of pyridine rings is 1. The third kappa shape index (κ3) is 2.06. The Hall–Kier alpha value is -1.62. The quantitative estimate of drug-likeness (QED) is 0.890. The predicted molar refractivity (Wildman–Crippen MR) is 75.6 cm³/mol. The lowest BCUT2D eigenvalue weighted by atomic mass is 9.82. The van der Waals surface area contributed by atoms with Gasteiger partial charge in [-0.2, -0.15) is 4.37 Å². The molecule has 1 aliphatic carbocycles. The van der Waals surface area contributed by atoms with Crippen molar-refractivity contribution in [2.45, 2.75) is 25.8 Å². The Morgan fingerprint density at radius 3 is 2.72 bits per heavy atom. The predicted octanol–water partition coefficient (Wildman–Crippen LogP) is 3.00. The number of hydrogen-bond donors (Lipinski definition) is 2. The number of aromatic nitrogens is 2. The number of nitrogens with zero attached hydrogens (tertiary/aromatic N) is 2. The second-order valence-corrected chi connectivity index (χ2v) is 5.70. The lowest BCUT2D eigenvalue weighted by Crippen LogP contribution is -2.33. The van der Waals surface area contributed by atoms with Crippen LogP contribution < -0.4 is 11.1 Å². The molecule has 0 aliphatic heterocycles. The summed E-state index contributed by atoms with van der Waals surface area (Å²) in [6.07, 6.45) is 6.02. The Kier molecular flexibility index (Phi) is 2.91. The van der Waals surface area contributed by atoms with Gasteiger partial charge >= 0.3 is 0 Å². The number of hydrogen-bond acceptors (Lipinski definition) is 5. The van der Waals surface area contributed by atoms with E-state index in [0.717, 1.165) is 22.0 Å². The van der Waals surface area contributed by atoms with Crippen molar-refractivity contribution in [3.8, 4) is 11.1 Å². The summed E-state index contributed by atoms with van der Waals surface area (Å²) >= 11 is 1.44. The van der Waals surface area contributed by atoms with Crippen molar-refractivity contribution < 1.29 is 0 Å². The molecule has 0 saturated heterocycles. The SMILES string of the molecule is CC1CC(Nc2snc(N)c2-c2ccncc2)C1. The van der Waals surface area contributed by atoms with Crippen LogP contribution >= 0.6 is 11.5 Å². The van der Waals surface area contributed by atoms with E-state index in [4.69, 9.17) is 5.73 Å². The zero-order valence-electron chi connectivity index (χ0n) is 10.3. The van der Waals surface area contributed by atoms with Gasteiger partial charge < -0.3 is 11.1 Å². The van der Waals surface area contributed by atoms with E-state index in [2.05, 4.69) is 21.6 Å². The van der Waals surface area contributed by atoms with Crippen molar-refractivity contribution in [1.29, 1.82) is 0 Å². The molecule has 1 fully saturated rings. The van der Waals surface area contributed by atoms with Gasteiger partial charge in [-0.15, -0.1) is 0 Å². The van der Waals surface area contributed by atoms with Crippen LogP contribution in [0.4, 0.5) is 10.8 Å². The smallest absolute Gasteiger partial charge is 0.147 e. The van der Waals surface area contributed by atoms with Crippen LogP contribution in [-0.4, -0.2) is 15.4 Å². The number of nitrogens with two attached hydrogens (primary N) is 1. The van der Waals surface area contributed by atoms with E-state index in [0.29, 0.717) is 11.9 Å². The molecule has 18 heavy (non-hydrogen) atoms. The summed E-state index contributed by atoms with van der Waals surface area (Å²) in [6.45, 7) is 2.28. The van der Waals surface area contributed by atoms with Gasteiger partial charge in [-0.3, -0.25) is 4.98 Å². The molecule has 0 radical (unpaired) electrons. The van der Waals surface area contributed by atoms with Crippen molar-refractivity contribution in [1.82, 2.24) is 9.36 Å². The van der Waals surface area contributed by atoms with Crippen LogP contribution in [-0.2, 0) is 0 Å². The molecule has 4 nitrogen and oxygen atoms in total. The van der Waals surface area contributed by atoms with Crippen molar-refractivity contribution in [2.24, 2.45) is 5.92 Å². The molecule has 2 aromatic rings. The van der Waals surface area contributed by atoms with Gasteiger partial charge in [-0.05, 0) is 48.0 Å². The van der Waals surface area contributed by atoms with Crippen molar-refractivity contribution in [2.75, 3.05) is 11.1 Å². The first-order valence-electron chi connectivity index (χ1n) is 6.16. The summed E-state index contributed by atoms with van der Waals surface area (Å²) in [4.78, 5) is 4.03. The van der Waals surface area contributed by atoms with Gasteiger partial charge in [0.05, 0.1) is 5.56 Å². The normalized spacial score (nSPS) is 22.5. The van der Waals surface area contributed by atoms with E-state index in [9.17, 15) is 0 Å². The van der Waals surface area contributed by atoms with E-state index >= 15 is 0 Å². The molecule has 0 amide bonds. The zero-order valence-corrected chi connectivity index (χ0v) is 11.1. The van der Waals surface area contributed by atoms with Crippen LogP contribution in [0.3, 0.4) is 0 Å². The Morgan fingerprint density at radius 2 is 2.06 bits per heavy atom. The van der Waals surface area contributed by atoms with Crippen LogP contribution in [0.5, 0.6) is 0 Å². The van der Waals surface area contributed by atoms with Gasteiger partial charge in [0, 0.05) is 18.4 Å². The van der Waals surface area contributed by atoms with Crippen LogP contribution in [0.2, 0.25) is 0 Å². The van der Waals surface area contributed by atoms with Gasteiger partial charge in [0.15, 0.2) is 0 Å². The van der Waals surface area contributed by atoms with E-state index in [1.54, 1.807) is 12.4 Å². The molecule has 3 N–H and O–H groups in total. The third-order valence-electron chi connectivity index (χ3n) is 3.40. The van der Waals surface area contributed by atoms with Crippen LogP contribution in [0.15, 0.2) is 24.5 Å². The molecule has 0 atom stereocenters. The van der Waals surface area contributed by atoms with Gasteiger partial charge in [-0.1, -0.05) is 6.92 Å². The van der Waals surface area contributed by atoms with Crippen molar-refractivity contribution in [3.05, 3.63) is 24.5 Å². The Labute approximate surface area is 110 Å². The fourth-order valence-electron chi connectivity index (χ4n) is 2.40. The number of rotatable bonds is 3. The fourth-order valence-corrected chi connectivity index (χ4v) is 3.22. The highest BCUT2D eigenvalue weighted by atomic mass is 32.1. The summed E-state index contributed by atoms with van der Waals surface area (Å²) in [5.41, 5.74) is 8.07. The molecule has 2 aromatic heterocycles. The second-order valence-electron chi connectivity index (χ2n) is 4.93. The van der Waals surface area contributed by atoms with E-state index in [-0.39, 0.29) is 0 Å². The Bertz CT molecular complexity index is 531. The summed E-state index contributed by atoms with van der Waals surface area (Å²) in [5.74, 6) is 1.43. The number of anilines is 2. The van der Waals surface area contributed by atoms with Crippen molar-refractivity contribution in [3.63, 3.8) is 0 Å². The molecule has 2 heterocycles. The fraction of sp³-hybridized carbons (Fsp3) is 0.385. The van der Waals surface area contributed by atoms with Gasteiger partial charge in [0.1, 0.15) is 10.8 Å². The van der Waals surface area contributed by atoms with Gasteiger partial charge in [0.2, 0.25) is 0 Å². The Balaban J connectivity index is 1.87. The first-order valence-corrected chi connectivity index (χ1v) is 6.93. The highest BCUT2D eigenvalue weighted by molar-refractivity contribution is 7.11. The minimum Gasteiger partial charge on any atom is -0.382 e. The van der Waals surface area contributed by atoms with E-state index < -0.39 is 0 Å². The Morgan fingerprint density at radius 1 is 1.33 bits per heavy atom. The minimum absolute atomic E-state index is 0.570. The number of nitrogens with one attached hydrogen (secondary N) is 1. The summed E-state index contributed by atoms with van der Waals surface area (Å²) in [5, 5.41) is 4.63. The van der Waals surface area contributed by atoms with Crippen molar-refractivity contribution >= 4 is 22.4 Å². The molecule has 1 saturated carbocycles.